The first-order chi connectivity index (χ1) is 12.2. The summed E-state index contributed by atoms with van der Waals surface area (Å²) in [4.78, 5) is 31.0. The molecule has 0 unspecified atom stereocenters. The molecule has 0 aromatic heterocycles. The number of guanidine groups is 1. The Morgan fingerprint density at radius 3 is 2.44 bits per heavy atom. The van der Waals surface area contributed by atoms with Crippen LogP contribution in [0.15, 0.2) is 23.2 Å². The van der Waals surface area contributed by atoms with E-state index in [9.17, 15) is 14.0 Å². The fourth-order valence-electron chi connectivity index (χ4n) is 2.97. The van der Waals surface area contributed by atoms with Gasteiger partial charge in [0.25, 0.3) is 0 Å². The minimum absolute atomic E-state index is 0.0158. The molecule has 1 aromatic rings. The summed E-state index contributed by atoms with van der Waals surface area (Å²) >= 11 is 0. The molecule has 0 bridgehead atoms. The Kier molecular flexibility index (Phi) is 4.98. The number of anilines is 1. The lowest BCUT2D eigenvalue weighted by molar-refractivity contribution is -0.140. The molecule has 1 aliphatic heterocycles. The fraction of sp³-hybridized carbons (Fsp3) is 0.526. The van der Waals surface area contributed by atoms with Crippen molar-refractivity contribution in [2.24, 2.45) is 10.4 Å². The van der Waals surface area contributed by atoms with E-state index in [0.717, 1.165) is 0 Å². The number of hydrogen-bond donors (Lipinski definition) is 2. The molecule has 27 heavy (non-hydrogen) atoms. The predicted molar refractivity (Wildman–Crippen MR) is 102 cm³/mol. The van der Waals surface area contributed by atoms with Gasteiger partial charge in [-0.05, 0) is 59.7 Å². The van der Waals surface area contributed by atoms with Crippen molar-refractivity contribution >= 4 is 23.6 Å². The highest BCUT2D eigenvalue weighted by Crippen LogP contribution is 2.47. The SMILES string of the molecule is CN1C(=O)C(C)(C)[C@@](C)(c2cc(N)ccc2F)N=C1NC(=O)OC(C)(C)C. The van der Waals surface area contributed by atoms with Crippen LogP contribution in [0.1, 0.15) is 47.1 Å². The van der Waals surface area contributed by atoms with E-state index in [1.165, 1.54) is 30.1 Å². The van der Waals surface area contributed by atoms with Crippen molar-refractivity contribution in [1.29, 1.82) is 0 Å². The summed E-state index contributed by atoms with van der Waals surface area (Å²) in [5.74, 6) is -0.872. The maximum absolute atomic E-state index is 14.6. The third-order valence-electron chi connectivity index (χ3n) is 4.83. The van der Waals surface area contributed by atoms with Gasteiger partial charge in [0, 0.05) is 18.3 Å². The normalized spacial score (nSPS) is 22.3. The van der Waals surface area contributed by atoms with Crippen LogP contribution in [0.5, 0.6) is 0 Å². The van der Waals surface area contributed by atoms with E-state index in [1.807, 2.05) is 0 Å². The van der Waals surface area contributed by atoms with Crippen LogP contribution in [0, 0.1) is 11.2 Å². The molecule has 7 nitrogen and oxygen atoms in total. The number of ether oxygens (including phenoxy) is 1. The maximum Gasteiger partial charge on any atom is 0.414 e. The summed E-state index contributed by atoms with van der Waals surface area (Å²) in [5.41, 5.74) is 3.26. The van der Waals surface area contributed by atoms with Gasteiger partial charge in [0.15, 0.2) is 0 Å². The van der Waals surface area contributed by atoms with Crippen LogP contribution < -0.4 is 11.1 Å². The van der Waals surface area contributed by atoms with E-state index in [4.69, 9.17) is 10.5 Å². The number of amides is 2. The average Bonchev–Trinajstić information content (AvgIpc) is 2.51. The van der Waals surface area contributed by atoms with Crippen LogP contribution in [0.4, 0.5) is 14.9 Å². The fourth-order valence-corrected chi connectivity index (χ4v) is 2.97. The van der Waals surface area contributed by atoms with Gasteiger partial charge >= 0.3 is 6.09 Å². The van der Waals surface area contributed by atoms with Gasteiger partial charge in [-0.15, -0.1) is 0 Å². The number of nitrogens with two attached hydrogens (primary N) is 1. The zero-order valence-electron chi connectivity index (χ0n) is 16.8. The van der Waals surface area contributed by atoms with Crippen LogP contribution in [0.3, 0.4) is 0 Å². The van der Waals surface area contributed by atoms with Gasteiger partial charge in [-0.1, -0.05) is 0 Å². The number of nitrogen functional groups attached to an aromatic ring is 1. The second-order valence-corrected chi connectivity index (χ2v) is 8.36. The molecule has 2 amide bonds. The molecule has 0 radical (unpaired) electrons. The van der Waals surface area contributed by atoms with E-state index in [1.54, 1.807) is 41.5 Å². The molecule has 0 fully saturated rings. The van der Waals surface area contributed by atoms with Crippen LogP contribution in [0.2, 0.25) is 0 Å². The number of halogens is 1. The summed E-state index contributed by atoms with van der Waals surface area (Å²) in [6, 6.07) is 4.14. The number of hydrogen-bond acceptors (Lipinski definition) is 5. The first kappa shape index (κ1) is 20.7. The van der Waals surface area contributed by atoms with Crippen molar-refractivity contribution in [2.45, 2.75) is 52.7 Å². The Hall–Kier alpha value is -2.64. The van der Waals surface area contributed by atoms with Gasteiger partial charge in [-0.2, -0.15) is 0 Å². The molecule has 0 saturated heterocycles. The summed E-state index contributed by atoms with van der Waals surface area (Å²) in [7, 11) is 1.50. The van der Waals surface area contributed by atoms with E-state index in [2.05, 4.69) is 10.3 Å². The highest BCUT2D eigenvalue weighted by Gasteiger charge is 2.54. The molecule has 1 aromatic carbocycles. The summed E-state index contributed by atoms with van der Waals surface area (Å²) in [6.45, 7) is 10.2. The van der Waals surface area contributed by atoms with Crippen molar-refractivity contribution in [3.63, 3.8) is 0 Å². The van der Waals surface area contributed by atoms with Gasteiger partial charge in [-0.25, -0.2) is 14.2 Å². The van der Waals surface area contributed by atoms with Crippen LogP contribution >= 0.6 is 0 Å². The van der Waals surface area contributed by atoms with Crippen LogP contribution in [-0.4, -0.2) is 35.5 Å². The van der Waals surface area contributed by atoms with Crippen molar-refractivity contribution in [3.05, 3.63) is 29.6 Å². The first-order valence-electron chi connectivity index (χ1n) is 8.62. The number of nitrogens with zero attached hydrogens (tertiary/aromatic N) is 2. The third-order valence-corrected chi connectivity index (χ3v) is 4.83. The van der Waals surface area contributed by atoms with Crippen LogP contribution in [0.25, 0.3) is 0 Å². The molecule has 1 aliphatic rings. The molecule has 148 valence electrons. The Bertz CT molecular complexity index is 814. The number of alkyl carbamates (subject to hydrolysis) is 1. The largest absolute Gasteiger partial charge is 0.444 e. The van der Waals surface area contributed by atoms with Crippen LogP contribution in [-0.2, 0) is 15.1 Å². The van der Waals surface area contributed by atoms with Gasteiger partial charge < -0.3 is 10.5 Å². The third kappa shape index (κ3) is 3.74. The molecule has 0 aliphatic carbocycles. The minimum Gasteiger partial charge on any atom is -0.444 e. The molecular formula is C19H27FN4O3. The van der Waals surface area contributed by atoms with Gasteiger partial charge in [0.2, 0.25) is 11.9 Å². The second-order valence-electron chi connectivity index (χ2n) is 8.36. The second kappa shape index (κ2) is 6.51. The molecular weight excluding hydrogens is 351 g/mol. The van der Waals surface area contributed by atoms with E-state index in [-0.39, 0.29) is 17.4 Å². The van der Waals surface area contributed by atoms with Crippen molar-refractivity contribution in [2.75, 3.05) is 12.8 Å². The van der Waals surface area contributed by atoms with Gasteiger partial charge in [0.05, 0.1) is 5.41 Å². The van der Waals surface area contributed by atoms with Crippen molar-refractivity contribution in [3.8, 4) is 0 Å². The minimum atomic E-state index is -1.29. The Labute approximate surface area is 158 Å². The Morgan fingerprint density at radius 1 is 1.30 bits per heavy atom. The standard InChI is InChI=1S/C19H27FN4O3/c1-17(2,3)27-16(26)22-15-23-19(6,18(4,5)14(25)24(15)7)12-10-11(21)8-9-13(12)20/h8-10H,21H2,1-7H3,(H,22,23,26)/t19-/m1/s1. The summed E-state index contributed by atoms with van der Waals surface area (Å²) < 4.78 is 19.8. The number of benzene rings is 1. The molecule has 2 rings (SSSR count). The van der Waals surface area contributed by atoms with Gasteiger partial charge in [-0.3, -0.25) is 15.0 Å². The maximum atomic E-state index is 14.6. The molecule has 3 N–H and O–H groups in total. The Balaban J connectivity index is 2.57. The topological polar surface area (TPSA) is 97.0 Å². The zero-order valence-corrected chi connectivity index (χ0v) is 16.8. The molecule has 1 atom stereocenters. The molecule has 0 saturated carbocycles. The molecule has 0 spiro atoms. The zero-order chi connectivity index (χ0) is 20.8. The van der Waals surface area contributed by atoms with Crippen molar-refractivity contribution in [1.82, 2.24) is 10.2 Å². The number of nitrogens with one attached hydrogen (secondary N) is 1. The number of carbonyl (C=O) groups excluding carboxylic acids is 2. The predicted octanol–water partition coefficient (Wildman–Crippen LogP) is 3.00. The Morgan fingerprint density at radius 2 is 1.89 bits per heavy atom. The summed E-state index contributed by atoms with van der Waals surface area (Å²) in [6.07, 6.45) is -0.754. The highest BCUT2D eigenvalue weighted by atomic mass is 19.1. The average molecular weight is 378 g/mol. The lowest BCUT2D eigenvalue weighted by Crippen LogP contribution is -2.60. The van der Waals surface area contributed by atoms with E-state index < -0.39 is 28.5 Å². The van der Waals surface area contributed by atoms with Gasteiger partial charge in [0.1, 0.15) is 17.0 Å². The number of aliphatic imine (C=N–C) groups is 1. The monoisotopic (exact) mass is 378 g/mol. The van der Waals surface area contributed by atoms with E-state index >= 15 is 0 Å². The number of rotatable bonds is 1. The van der Waals surface area contributed by atoms with E-state index in [0.29, 0.717) is 5.69 Å². The quantitative estimate of drug-likeness (QED) is 0.734. The molecule has 8 heteroatoms. The first-order valence-corrected chi connectivity index (χ1v) is 8.62. The summed E-state index contributed by atoms with van der Waals surface area (Å²) in [5, 5.41) is 2.49. The smallest absolute Gasteiger partial charge is 0.414 e. The lowest BCUT2D eigenvalue weighted by atomic mass is 9.67. The highest BCUT2D eigenvalue weighted by molar-refractivity contribution is 6.06. The molecule has 1 heterocycles. The number of carbonyl (C=O) groups is 2. The lowest BCUT2D eigenvalue weighted by Gasteiger charge is -2.46. The van der Waals surface area contributed by atoms with Crippen molar-refractivity contribution < 1.29 is 18.7 Å².